The van der Waals surface area contributed by atoms with Gasteiger partial charge in [-0.25, -0.2) is 0 Å². The maximum absolute atomic E-state index is 13.6. The van der Waals surface area contributed by atoms with Gasteiger partial charge in [-0.3, -0.25) is 4.79 Å². The van der Waals surface area contributed by atoms with Gasteiger partial charge in [0.2, 0.25) is 5.91 Å². The summed E-state index contributed by atoms with van der Waals surface area (Å²) in [5.41, 5.74) is -1.92. The number of allylic oxidation sites excluding steroid dienone is 2. The Morgan fingerprint density at radius 2 is 2.15 bits per heavy atom. The van der Waals surface area contributed by atoms with Crippen molar-refractivity contribution in [2.45, 2.75) is 63.6 Å². The highest BCUT2D eigenvalue weighted by atomic mass is 19.4. The molecule has 0 aromatic carbocycles. The van der Waals surface area contributed by atoms with E-state index in [4.69, 9.17) is 0 Å². The molecule has 2 unspecified atom stereocenters. The van der Waals surface area contributed by atoms with Crippen LogP contribution >= 0.6 is 0 Å². The van der Waals surface area contributed by atoms with Crippen LogP contribution < -0.4 is 0 Å². The summed E-state index contributed by atoms with van der Waals surface area (Å²) >= 11 is 0. The first-order chi connectivity index (χ1) is 9.42. The molecule has 20 heavy (non-hydrogen) atoms. The van der Waals surface area contributed by atoms with Gasteiger partial charge in [-0.05, 0) is 38.5 Å². The third-order valence-corrected chi connectivity index (χ3v) is 4.56. The van der Waals surface area contributed by atoms with Crippen LogP contribution in [-0.2, 0) is 4.79 Å². The van der Waals surface area contributed by atoms with Crippen LogP contribution in [0, 0.1) is 5.92 Å². The minimum Gasteiger partial charge on any atom is -0.328 e. The van der Waals surface area contributed by atoms with Crippen molar-refractivity contribution in [2.24, 2.45) is 5.92 Å². The maximum atomic E-state index is 13.6. The van der Waals surface area contributed by atoms with Gasteiger partial charge in [0.1, 0.15) is 5.54 Å². The van der Waals surface area contributed by atoms with Crippen LogP contribution in [-0.4, -0.2) is 29.1 Å². The molecule has 0 spiro atoms. The molecule has 1 heterocycles. The Kier molecular flexibility index (Phi) is 4.45. The lowest BCUT2D eigenvalue weighted by atomic mass is 9.87. The quantitative estimate of drug-likeness (QED) is 0.717. The Balaban J connectivity index is 2.23. The Morgan fingerprint density at radius 3 is 2.70 bits per heavy atom. The van der Waals surface area contributed by atoms with Gasteiger partial charge in [-0.2, -0.15) is 13.2 Å². The molecule has 0 bridgehead atoms. The Hall–Kier alpha value is -1.00. The normalized spacial score (nSPS) is 30.8. The Morgan fingerprint density at radius 1 is 1.40 bits per heavy atom. The molecule has 0 N–H and O–H groups in total. The Labute approximate surface area is 118 Å². The molecule has 1 amide bonds. The fraction of sp³-hybridized carbons (Fsp3) is 0.800. The summed E-state index contributed by atoms with van der Waals surface area (Å²) in [4.78, 5) is 13.7. The van der Waals surface area contributed by atoms with Crippen LogP contribution in [0.2, 0.25) is 0 Å². The van der Waals surface area contributed by atoms with Crippen molar-refractivity contribution in [3.8, 4) is 0 Å². The first kappa shape index (κ1) is 15.4. The van der Waals surface area contributed by atoms with E-state index in [0.29, 0.717) is 25.7 Å². The fourth-order valence-electron chi connectivity index (χ4n) is 3.55. The minimum absolute atomic E-state index is 0.0187. The zero-order valence-electron chi connectivity index (χ0n) is 11.9. The minimum atomic E-state index is -4.33. The molecule has 2 nitrogen and oxygen atoms in total. The van der Waals surface area contributed by atoms with Crippen molar-refractivity contribution < 1.29 is 18.0 Å². The predicted octanol–water partition coefficient (Wildman–Crippen LogP) is 4.07. The van der Waals surface area contributed by atoms with E-state index >= 15 is 0 Å². The summed E-state index contributed by atoms with van der Waals surface area (Å²) in [5.74, 6) is -0.561. The van der Waals surface area contributed by atoms with E-state index in [0.717, 1.165) is 11.3 Å². The molecule has 2 aliphatic rings. The van der Waals surface area contributed by atoms with Gasteiger partial charge >= 0.3 is 6.18 Å². The van der Waals surface area contributed by atoms with Gasteiger partial charge in [0.15, 0.2) is 0 Å². The summed E-state index contributed by atoms with van der Waals surface area (Å²) in [5, 5.41) is 0. The van der Waals surface area contributed by atoms with Crippen molar-refractivity contribution in [1.82, 2.24) is 4.90 Å². The molecule has 114 valence electrons. The van der Waals surface area contributed by atoms with Crippen molar-refractivity contribution in [2.75, 3.05) is 6.54 Å². The van der Waals surface area contributed by atoms with E-state index in [9.17, 15) is 18.0 Å². The van der Waals surface area contributed by atoms with Crippen molar-refractivity contribution in [1.29, 1.82) is 0 Å². The number of carbonyl (C=O) groups is 1. The zero-order valence-corrected chi connectivity index (χ0v) is 11.9. The molecule has 2 rings (SSSR count). The fourth-order valence-corrected chi connectivity index (χ4v) is 3.55. The third kappa shape index (κ3) is 2.59. The molecule has 5 heteroatoms. The van der Waals surface area contributed by atoms with Gasteiger partial charge in [-0.1, -0.05) is 25.5 Å². The molecular weight excluding hydrogens is 267 g/mol. The molecular formula is C15H22F3NO. The number of hydrogen-bond donors (Lipinski definition) is 0. The van der Waals surface area contributed by atoms with Crippen LogP contribution in [0.15, 0.2) is 12.2 Å². The van der Waals surface area contributed by atoms with Gasteiger partial charge in [-0.15, -0.1) is 0 Å². The molecule has 1 aliphatic carbocycles. The molecule has 1 aliphatic heterocycles. The molecule has 2 atom stereocenters. The van der Waals surface area contributed by atoms with Crippen LogP contribution in [0.1, 0.15) is 51.9 Å². The van der Waals surface area contributed by atoms with E-state index in [-0.39, 0.29) is 31.2 Å². The maximum Gasteiger partial charge on any atom is 0.411 e. The van der Waals surface area contributed by atoms with E-state index in [2.05, 4.69) is 0 Å². The number of carbonyl (C=O) groups excluding carboxylic acids is 1. The van der Waals surface area contributed by atoms with Crippen molar-refractivity contribution in [3.05, 3.63) is 12.2 Å². The first-order valence-corrected chi connectivity index (χ1v) is 7.45. The summed E-state index contributed by atoms with van der Waals surface area (Å²) in [6.07, 6.45) is 2.58. The van der Waals surface area contributed by atoms with Crippen molar-refractivity contribution >= 4 is 5.91 Å². The molecule has 0 aromatic heterocycles. The van der Waals surface area contributed by atoms with Gasteiger partial charge < -0.3 is 4.90 Å². The second kappa shape index (κ2) is 5.78. The highest BCUT2D eigenvalue weighted by Crippen LogP contribution is 2.47. The average molecular weight is 289 g/mol. The van der Waals surface area contributed by atoms with Crippen molar-refractivity contribution in [3.63, 3.8) is 0 Å². The number of alkyl halides is 3. The highest BCUT2D eigenvalue weighted by Gasteiger charge is 2.61. The van der Waals surface area contributed by atoms with Gasteiger partial charge in [0.25, 0.3) is 0 Å². The first-order valence-electron chi connectivity index (χ1n) is 7.45. The lowest BCUT2D eigenvalue weighted by Crippen LogP contribution is -2.58. The number of rotatable bonds is 3. The summed E-state index contributed by atoms with van der Waals surface area (Å²) in [7, 11) is 0. The summed E-state index contributed by atoms with van der Waals surface area (Å²) in [6.45, 7) is 2.00. The lowest BCUT2D eigenvalue weighted by Gasteiger charge is -2.41. The zero-order chi connectivity index (χ0) is 14.8. The second-order valence-corrected chi connectivity index (χ2v) is 5.85. The number of hydrogen-bond acceptors (Lipinski definition) is 1. The largest absolute Gasteiger partial charge is 0.411 e. The molecule has 0 radical (unpaired) electrons. The Bertz CT molecular complexity index is 391. The second-order valence-electron chi connectivity index (χ2n) is 5.85. The van der Waals surface area contributed by atoms with Crippen LogP contribution in [0.25, 0.3) is 0 Å². The summed E-state index contributed by atoms with van der Waals surface area (Å²) in [6, 6.07) is 0. The SMILES string of the molecule is CCCC1(C(F)(F)F)CCCN1C(=O)C1CC=CCC1. The molecule has 1 saturated heterocycles. The number of halogens is 3. The topological polar surface area (TPSA) is 20.3 Å². The van der Waals surface area contributed by atoms with Crippen LogP contribution in [0.4, 0.5) is 13.2 Å². The standard InChI is InChI=1S/C15H22F3NO/c1-2-9-14(15(16,17)18)10-6-11-19(14)13(20)12-7-4-3-5-8-12/h3-4,12H,2,5-11H2,1H3. The van der Waals surface area contributed by atoms with Gasteiger partial charge in [0, 0.05) is 12.5 Å². The number of nitrogens with zero attached hydrogens (tertiary/aromatic N) is 1. The van der Waals surface area contributed by atoms with Crippen LogP contribution in [0.3, 0.4) is 0 Å². The number of amides is 1. The lowest BCUT2D eigenvalue weighted by molar-refractivity contribution is -0.227. The monoisotopic (exact) mass is 289 g/mol. The van der Waals surface area contributed by atoms with E-state index in [1.165, 1.54) is 0 Å². The van der Waals surface area contributed by atoms with E-state index < -0.39 is 11.7 Å². The third-order valence-electron chi connectivity index (χ3n) is 4.56. The number of likely N-dealkylation sites (tertiary alicyclic amines) is 1. The smallest absolute Gasteiger partial charge is 0.328 e. The van der Waals surface area contributed by atoms with E-state index in [1.54, 1.807) is 6.92 Å². The molecule has 0 aromatic rings. The predicted molar refractivity (Wildman–Crippen MR) is 71.1 cm³/mol. The highest BCUT2D eigenvalue weighted by molar-refractivity contribution is 5.80. The van der Waals surface area contributed by atoms with E-state index in [1.807, 2.05) is 12.2 Å². The molecule has 0 saturated carbocycles. The van der Waals surface area contributed by atoms with Gasteiger partial charge in [0.05, 0.1) is 0 Å². The summed E-state index contributed by atoms with van der Waals surface area (Å²) < 4.78 is 40.7. The van der Waals surface area contributed by atoms with Crippen LogP contribution in [0.5, 0.6) is 0 Å². The molecule has 1 fully saturated rings. The average Bonchev–Trinajstić information content (AvgIpc) is 2.84.